The molecule has 0 fully saturated rings. The van der Waals surface area contributed by atoms with Gasteiger partial charge in [0, 0.05) is 18.1 Å². The third-order valence-electron chi connectivity index (χ3n) is 3.43. The van der Waals surface area contributed by atoms with Crippen LogP contribution < -0.4 is 0 Å². The van der Waals surface area contributed by atoms with Crippen molar-refractivity contribution in [1.82, 2.24) is 4.57 Å². The third kappa shape index (κ3) is 1.82. The van der Waals surface area contributed by atoms with E-state index in [1.165, 1.54) is 11.1 Å². The molecule has 1 aromatic heterocycles. The van der Waals surface area contributed by atoms with Gasteiger partial charge in [0.25, 0.3) is 0 Å². The van der Waals surface area contributed by atoms with Gasteiger partial charge in [0.1, 0.15) is 0 Å². The lowest BCUT2D eigenvalue weighted by Gasteiger charge is -2.03. The number of hydrogen-bond donors (Lipinski definition) is 1. The molecule has 0 amide bonds. The number of para-hydroxylation sites is 1. The van der Waals surface area contributed by atoms with Crippen LogP contribution in [0.4, 0.5) is 0 Å². The average Bonchev–Trinajstić information content (AvgIpc) is 2.54. The van der Waals surface area contributed by atoms with Gasteiger partial charge in [-0.25, -0.2) is 0 Å². The molecule has 0 aliphatic carbocycles. The van der Waals surface area contributed by atoms with E-state index in [1.807, 2.05) is 26.1 Å². The van der Waals surface area contributed by atoms with Crippen molar-refractivity contribution in [2.45, 2.75) is 26.7 Å². The minimum absolute atomic E-state index is 0.0936. The zero-order chi connectivity index (χ0) is 12.6. The van der Waals surface area contributed by atoms with Gasteiger partial charge in [-0.15, -0.1) is 0 Å². The number of carboxylic acids is 1. The number of fused-ring (bicyclic) bond motifs is 1. The fourth-order valence-corrected chi connectivity index (χ4v) is 2.46. The Morgan fingerprint density at radius 3 is 2.71 bits per heavy atom. The smallest absolute Gasteiger partial charge is 0.307 e. The van der Waals surface area contributed by atoms with Crippen molar-refractivity contribution in [1.29, 1.82) is 0 Å². The van der Waals surface area contributed by atoms with E-state index in [0.29, 0.717) is 0 Å². The molecule has 0 aliphatic heterocycles. The summed E-state index contributed by atoms with van der Waals surface area (Å²) >= 11 is 0. The van der Waals surface area contributed by atoms with Gasteiger partial charge in [-0.2, -0.15) is 0 Å². The Bertz CT molecular complexity index is 581. The van der Waals surface area contributed by atoms with Crippen LogP contribution in [0, 0.1) is 6.92 Å². The first kappa shape index (κ1) is 11.7. The van der Waals surface area contributed by atoms with E-state index in [9.17, 15) is 4.79 Å². The van der Waals surface area contributed by atoms with Crippen molar-refractivity contribution < 1.29 is 9.90 Å². The van der Waals surface area contributed by atoms with Gasteiger partial charge in [0.05, 0.1) is 11.9 Å². The summed E-state index contributed by atoms with van der Waals surface area (Å²) in [7, 11) is 2.00. The molecule has 1 aromatic carbocycles. The standard InChI is InChI=1S/C14H17NO2/c1-4-10-6-5-7-11-12(8-13(16)17)9(2)15(3)14(10)11/h5-7H,4,8H2,1-3H3,(H,16,17). The molecule has 0 unspecified atom stereocenters. The molecule has 2 rings (SSSR count). The van der Waals surface area contributed by atoms with Crippen LogP contribution >= 0.6 is 0 Å². The lowest BCUT2D eigenvalue weighted by atomic mass is 10.0. The topological polar surface area (TPSA) is 42.2 Å². The second kappa shape index (κ2) is 4.24. The number of aryl methyl sites for hydroxylation is 2. The lowest BCUT2D eigenvalue weighted by molar-refractivity contribution is -0.136. The van der Waals surface area contributed by atoms with Crippen LogP contribution in [0.3, 0.4) is 0 Å². The second-order valence-corrected chi connectivity index (χ2v) is 4.36. The maximum atomic E-state index is 10.9. The first-order valence-corrected chi connectivity index (χ1v) is 5.83. The zero-order valence-electron chi connectivity index (χ0n) is 10.4. The van der Waals surface area contributed by atoms with E-state index < -0.39 is 5.97 Å². The second-order valence-electron chi connectivity index (χ2n) is 4.36. The highest BCUT2D eigenvalue weighted by atomic mass is 16.4. The Morgan fingerprint density at radius 1 is 1.41 bits per heavy atom. The maximum Gasteiger partial charge on any atom is 0.307 e. The van der Waals surface area contributed by atoms with Gasteiger partial charge >= 0.3 is 5.97 Å². The van der Waals surface area contributed by atoms with Gasteiger partial charge in [0.2, 0.25) is 0 Å². The Labute approximate surface area is 101 Å². The molecule has 0 aliphatic rings. The maximum absolute atomic E-state index is 10.9. The number of nitrogens with zero attached hydrogens (tertiary/aromatic N) is 1. The predicted molar refractivity (Wildman–Crippen MR) is 68.4 cm³/mol. The number of hydrogen-bond acceptors (Lipinski definition) is 1. The summed E-state index contributed by atoms with van der Waals surface area (Å²) in [5.74, 6) is -0.775. The van der Waals surface area contributed by atoms with E-state index in [1.54, 1.807) is 0 Å². The van der Waals surface area contributed by atoms with Crippen molar-refractivity contribution in [2.24, 2.45) is 7.05 Å². The minimum atomic E-state index is -0.775. The molecule has 17 heavy (non-hydrogen) atoms. The highest BCUT2D eigenvalue weighted by molar-refractivity contribution is 5.91. The van der Waals surface area contributed by atoms with Crippen LogP contribution in [0.5, 0.6) is 0 Å². The zero-order valence-corrected chi connectivity index (χ0v) is 10.4. The van der Waals surface area contributed by atoms with Gasteiger partial charge in [0.15, 0.2) is 0 Å². The fourth-order valence-electron chi connectivity index (χ4n) is 2.46. The first-order valence-electron chi connectivity index (χ1n) is 5.83. The van der Waals surface area contributed by atoms with E-state index in [-0.39, 0.29) is 6.42 Å². The van der Waals surface area contributed by atoms with Gasteiger partial charge in [-0.05, 0) is 24.5 Å². The van der Waals surface area contributed by atoms with E-state index >= 15 is 0 Å². The summed E-state index contributed by atoms with van der Waals surface area (Å²) in [4.78, 5) is 10.9. The molecular formula is C14H17NO2. The van der Waals surface area contributed by atoms with E-state index in [0.717, 1.165) is 23.1 Å². The SMILES string of the molecule is CCc1cccc2c(CC(=O)O)c(C)n(C)c12. The molecule has 3 heteroatoms. The number of rotatable bonds is 3. The highest BCUT2D eigenvalue weighted by Crippen LogP contribution is 2.28. The van der Waals surface area contributed by atoms with Crippen LogP contribution in [0.1, 0.15) is 23.7 Å². The summed E-state index contributed by atoms with van der Waals surface area (Å²) in [6.45, 7) is 4.10. The average molecular weight is 231 g/mol. The number of carboxylic acid groups (broad SMARTS) is 1. The normalized spacial score (nSPS) is 11.0. The molecule has 0 saturated heterocycles. The Morgan fingerprint density at radius 2 is 2.12 bits per heavy atom. The molecule has 0 bridgehead atoms. The van der Waals surface area contributed by atoms with Crippen molar-refractivity contribution in [2.75, 3.05) is 0 Å². The van der Waals surface area contributed by atoms with E-state index in [2.05, 4.69) is 17.6 Å². The fraction of sp³-hybridized carbons (Fsp3) is 0.357. The lowest BCUT2D eigenvalue weighted by Crippen LogP contribution is -2.01. The molecule has 1 heterocycles. The van der Waals surface area contributed by atoms with Gasteiger partial charge in [-0.3, -0.25) is 4.79 Å². The largest absolute Gasteiger partial charge is 0.481 e. The summed E-state index contributed by atoms with van der Waals surface area (Å²) in [5.41, 5.74) is 4.42. The monoisotopic (exact) mass is 231 g/mol. The minimum Gasteiger partial charge on any atom is -0.481 e. The van der Waals surface area contributed by atoms with Crippen molar-refractivity contribution in [3.8, 4) is 0 Å². The Kier molecular flexibility index (Phi) is 2.92. The van der Waals surface area contributed by atoms with Crippen LogP contribution in [0.2, 0.25) is 0 Å². The molecular weight excluding hydrogens is 214 g/mol. The third-order valence-corrected chi connectivity index (χ3v) is 3.43. The molecule has 3 nitrogen and oxygen atoms in total. The van der Waals surface area contributed by atoms with E-state index in [4.69, 9.17) is 5.11 Å². The number of carbonyl (C=O) groups is 1. The number of aliphatic carboxylic acids is 1. The summed E-state index contributed by atoms with van der Waals surface area (Å²) in [5, 5.41) is 10.1. The molecule has 2 aromatic rings. The molecule has 0 saturated carbocycles. The highest BCUT2D eigenvalue weighted by Gasteiger charge is 2.15. The molecule has 0 spiro atoms. The molecule has 1 N–H and O–H groups in total. The summed E-state index contributed by atoms with van der Waals surface area (Å²) in [6, 6.07) is 6.12. The van der Waals surface area contributed by atoms with Crippen LogP contribution in [0.25, 0.3) is 10.9 Å². The Hall–Kier alpha value is -1.77. The summed E-state index contributed by atoms with van der Waals surface area (Å²) in [6.07, 6.45) is 1.05. The van der Waals surface area contributed by atoms with Crippen LogP contribution in [-0.4, -0.2) is 15.6 Å². The van der Waals surface area contributed by atoms with Crippen molar-refractivity contribution >= 4 is 16.9 Å². The molecule has 0 radical (unpaired) electrons. The predicted octanol–water partition coefficient (Wildman–Crippen LogP) is 2.68. The van der Waals surface area contributed by atoms with Crippen molar-refractivity contribution in [3.63, 3.8) is 0 Å². The number of benzene rings is 1. The molecule has 90 valence electrons. The van der Waals surface area contributed by atoms with Crippen LogP contribution in [0.15, 0.2) is 18.2 Å². The summed E-state index contributed by atoms with van der Waals surface area (Å²) < 4.78 is 2.10. The number of aromatic nitrogens is 1. The van der Waals surface area contributed by atoms with Gasteiger partial charge in [-0.1, -0.05) is 25.1 Å². The Balaban J connectivity index is 2.77. The van der Waals surface area contributed by atoms with Crippen LogP contribution in [-0.2, 0) is 24.7 Å². The molecule has 0 atom stereocenters. The van der Waals surface area contributed by atoms with Crippen molar-refractivity contribution in [3.05, 3.63) is 35.0 Å². The van der Waals surface area contributed by atoms with Gasteiger partial charge < -0.3 is 9.67 Å². The first-order chi connectivity index (χ1) is 8.06. The quantitative estimate of drug-likeness (QED) is 0.882.